The Kier molecular flexibility index (Phi) is 10.8. The van der Waals surface area contributed by atoms with Gasteiger partial charge < -0.3 is 10.1 Å². The molecule has 264 valence electrons. The number of hydrogen-bond acceptors (Lipinski definition) is 11. The number of nitrogens with one attached hydrogen (secondary N) is 2. The number of urea groups is 1. The highest BCUT2D eigenvalue weighted by atomic mass is 32.1. The van der Waals surface area contributed by atoms with Crippen molar-refractivity contribution in [2.24, 2.45) is 0 Å². The molecule has 0 bridgehead atoms. The maximum atomic E-state index is 14.9. The summed E-state index contributed by atoms with van der Waals surface area (Å²) in [6.07, 6.45) is -3.57. The summed E-state index contributed by atoms with van der Waals surface area (Å²) in [7, 11) is 4.06. The van der Waals surface area contributed by atoms with E-state index in [1.54, 1.807) is 0 Å². The molecule has 14 nitrogen and oxygen atoms in total. The number of amides is 2. The molecule has 2 amide bonds. The minimum absolute atomic E-state index is 0.00575. The van der Waals surface area contributed by atoms with Crippen LogP contribution in [0, 0.1) is 11.6 Å². The lowest BCUT2D eigenvalue weighted by Gasteiger charge is -2.18. The van der Waals surface area contributed by atoms with Gasteiger partial charge in [0.1, 0.15) is 16.5 Å². The highest BCUT2D eigenvalue weighted by Crippen LogP contribution is 2.37. The molecule has 0 aliphatic rings. The Morgan fingerprint density at radius 3 is 2.36 bits per heavy atom. The summed E-state index contributed by atoms with van der Waals surface area (Å²) in [6, 6.07) is 8.11. The molecule has 0 saturated heterocycles. The summed E-state index contributed by atoms with van der Waals surface area (Å²) in [5.74, 6) is -2.06. The number of ether oxygens (including phenoxy) is 2. The van der Waals surface area contributed by atoms with Crippen molar-refractivity contribution in [3.05, 3.63) is 92.3 Å². The van der Waals surface area contributed by atoms with E-state index in [1.165, 1.54) is 56.6 Å². The van der Waals surface area contributed by atoms with Crippen LogP contribution in [-0.2, 0) is 22.7 Å². The van der Waals surface area contributed by atoms with E-state index >= 15 is 0 Å². The van der Waals surface area contributed by atoms with E-state index in [0.717, 1.165) is 34.1 Å². The summed E-state index contributed by atoms with van der Waals surface area (Å²) in [6.45, 7) is -1.79. The summed E-state index contributed by atoms with van der Waals surface area (Å²) in [4.78, 5) is 51.0. The Labute approximate surface area is 282 Å². The molecule has 2 N–H and O–H groups in total. The molecule has 0 radical (unpaired) electrons. The molecule has 0 aliphatic carbocycles. The van der Waals surface area contributed by atoms with E-state index in [9.17, 15) is 36.3 Å². The topological polar surface area (TPSA) is 155 Å². The van der Waals surface area contributed by atoms with E-state index in [4.69, 9.17) is 4.74 Å². The van der Waals surface area contributed by atoms with Gasteiger partial charge in [-0.3, -0.25) is 28.8 Å². The summed E-state index contributed by atoms with van der Waals surface area (Å²) in [5.41, 5.74) is 0.440. The zero-order valence-corrected chi connectivity index (χ0v) is 27.2. The number of alkyl halides is 3. The van der Waals surface area contributed by atoms with E-state index in [-0.39, 0.29) is 51.9 Å². The van der Waals surface area contributed by atoms with Crippen molar-refractivity contribution < 1.29 is 41.1 Å². The Morgan fingerprint density at radius 2 is 1.76 bits per heavy atom. The van der Waals surface area contributed by atoms with E-state index in [0.29, 0.717) is 9.44 Å². The fourth-order valence-electron chi connectivity index (χ4n) is 4.87. The fraction of sp³-hybridized carbons (Fsp3) is 0.267. The van der Waals surface area contributed by atoms with Gasteiger partial charge in [-0.25, -0.2) is 28.4 Å². The number of rotatable bonds is 12. The minimum Gasteiger partial charge on any atom is -0.480 e. The standard InChI is InChI=1S/C30H27F5N8O6S/c1-41(11-12-49-30(33,34)35)14-18-24-26(44)43(22-9-10-23(47-2)39-38-22)29(46)42(15-17-19(31)5-4-6-20(17)32)27(24)50-25(18)21-8-7-16(13-36-21)37-28(45)40-48-3/h4-10,13H,11-12,14-15H2,1-3H3,(H2,37,40,45). The Hall–Kier alpha value is -5.31. The zero-order chi connectivity index (χ0) is 36.2. The van der Waals surface area contributed by atoms with Gasteiger partial charge in [-0.15, -0.1) is 34.7 Å². The predicted molar refractivity (Wildman–Crippen MR) is 170 cm³/mol. The van der Waals surface area contributed by atoms with E-state index < -0.39 is 54.0 Å². The number of hydrogen-bond donors (Lipinski definition) is 2. The van der Waals surface area contributed by atoms with E-state index in [2.05, 4.69) is 35.6 Å². The zero-order valence-electron chi connectivity index (χ0n) is 26.4. The van der Waals surface area contributed by atoms with Gasteiger partial charge in [0.15, 0.2) is 5.82 Å². The maximum absolute atomic E-state index is 14.9. The molecule has 5 aromatic rings. The van der Waals surface area contributed by atoms with Crippen LogP contribution in [0.3, 0.4) is 0 Å². The molecule has 1 aromatic carbocycles. The van der Waals surface area contributed by atoms with Crippen molar-refractivity contribution in [1.82, 2.24) is 34.7 Å². The van der Waals surface area contributed by atoms with Gasteiger partial charge in [-0.1, -0.05) is 6.07 Å². The number of aromatic nitrogens is 5. The number of hydroxylamine groups is 1. The number of benzene rings is 1. The van der Waals surface area contributed by atoms with Crippen LogP contribution < -0.4 is 26.8 Å². The third-order valence-electron chi connectivity index (χ3n) is 7.13. The molecule has 4 heterocycles. The van der Waals surface area contributed by atoms with Crippen molar-refractivity contribution in [3.63, 3.8) is 0 Å². The first-order valence-electron chi connectivity index (χ1n) is 14.4. The number of halogens is 5. The van der Waals surface area contributed by atoms with Crippen LogP contribution in [0.4, 0.5) is 32.4 Å². The molecular weight excluding hydrogens is 695 g/mol. The second-order valence-corrected chi connectivity index (χ2v) is 11.5. The first-order chi connectivity index (χ1) is 23.8. The number of likely N-dealkylation sites (N-methyl/N-ethyl adjacent to an activating group) is 1. The highest BCUT2D eigenvalue weighted by molar-refractivity contribution is 7.22. The van der Waals surface area contributed by atoms with Crippen LogP contribution in [0.1, 0.15) is 11.1 Å². The van der Waals surface area contributed by atoms with Gasteiger partial charge in [-0.2, -0.15) is 0 Å². The third-order valence-corrected chi connectivity index (χ3v) is 8.41. The average molecular weight is 723 g/mol. The van der Waals surface area contributed by atoms with Crippen LogP contribution in [-0.4, -0.2) is 76.0 Å². The Bertz CT molecular complexity index is 2100. The number of nitrogens with zero attached hydrogens (tertiary/aromatic N) is 6. The third kappa shape index (κ3) is 7.94. The first kappa shape index (κ1) is 36.0. The lowest BCUT2D eigenvalue weighted by atomic mass is 10.1. The second-order valence-electron chi connectivity index (χ2n) is 10.5. The molecule has 0 spiro atoms. The first-order valence-corrected chi connectivity index (χ1v) is 15.2. The fourth-order valence-corrected chi connectivity index (χ4v) is 6.14. The van der Waals surface area contributed by atoms with Gasteiger partial charge in [-0.05, 0) is 37.4 Å². The van der Waals surface area contributed by atoms with Crippen molar-refractivity contribution in [2.45, 2.75) is 19.5 Å². The molecular formula is C30H27F5N8O6S. The molecule has 0 saturated carbocycles. The van der Waals surface area contributed by atoms with Gasteiger partial charge in [0.2, 0.25) is 5.88 Å². The van der Waals surface area contributed by atoms with Gasteiger partial charge >= 0.3 is 18.1 Å². The lowest BCUT2D eigenvalue weighted by Crippen LogP contribution is -2.40. The predicted octanol–water partition coefficient (Wildman–Crippen LogP) is 4.05. The largest absolute Gasteiger partial charge is 0.522 e. The number of pyridine rings is 1. The minimum atomic E-state index is -4.87. The summed E-state index contributed by atoms with van der Waals surface area (Å²) >= 11 is 0.899. The Balaban J connectivity index is 1.75. The summed E-state index contributed by atoms with van der Waals surface area (Å²) < 4.78 is 78.7. The van der Waals surface area contributed by atoms with Crippen LogP contribution in [0.2, 0.25) is 0 Å². The average Bonchev–Trinajstić information content (AvgIpc) is 3.43. The quantitative estimate of drug-likeness (QED) is 0.142. The van der Waals surface area contributed by atoms with Crippen molar-refractivity contribution >= 4 is 33.3 Å². The maximum Gasteiger partial charge on any atom is 0.522 e. The van der Waals surface area contributed by atoms with Gasteiger partial charge in [0.05, 0.1) is 55.2 Å². The molecule has 20 heteroatoms. The molecule has 5 rings (SSSR count). The van der Waals surface area contributed by atoms with Crippen molar-refractivity contribution in [1.29, 1.82) is 0 Å². The van der Waals surface area contributed by atoms with Gasteiger partial charge in [0.25, 0.3) is 5.56 Å². The number of thiophene rings is 1. The van der Waals surface area contributed by atoms with Crippen LogP contribution in [0.15, 0.2) is 58.3 Å². The molecule has 0 aliphatic heterocycles. The number of anilines is 1. The van der Waals surface area contributed by atoms with Crippen LogP contribution in [0.5, 0.6) is 5.88 Å². The molecule has 0 atom stereocenters. The normalized spacial score (nSPS) is 11.7. The number of carbonyl (C=O) groups excluding carboxylic acids is 1. The lowest BCUT2D eigenvalue weighted by molar-refractivity contribution is -0.324. The summed E-state index contributed by atoms with van der Waals surface area (Å²) in [5, 5.41) is 10.2. The second kappa shape index (κ2) is 15.1. The monoisotopic (exact) mass is 722 g/mol. The highest BCUT2D eigenvalue weighted by Gasteiger charge is 2.30. The molecule has 0 unspecified atom stereocenters. The SMILES string of the molecule is CONC(=O)Nc1ccc(-c2sc3c(c2CN(C)CCOC(F)(F)F)c(=O)n(-c2ccc(OC)nn2)c(=O)n3Cc2c(F)cccc2F)nc1. The van der Waals surface area contributed by atoms with Crippen LogP contribution in [0.25, 0.3) is 26.6 Å². The molecule has 50 heavy (non-hydrogen) atoms. The number of methoxy groups -OCH3 is 1. The van der Waals surface area contributed by atoms with E-state index in [1.807, 2.05) is 0 Å². The number of carbonyl (C=O) groups is 1. The van der Waals surface area contributed by atoms with Crippen molar-refractivity contribution in [3.8, 4) is 22.3 Å². The number of fused-ring (bicyclic) bond motifs is 1. The van der Waals surface area contributed by atoms with Crippen molar-refractivity contribution in [2.75, 3.05) is 39.7 Å². The molecule has 0 fully saturated rings. The molecule has 4 aromatic heterocycles. The van der Waals surface area contributed by atoms with Gasteiger partial charge in [0, 0.05) is 30.3 Å². The smallest absolute Gasteiger partial charge is 0.480 e. The Morgan fingerprint density at radius 1 is 1.02 bits per heavy atom. The van der Waals surface area contributed by atoms with Crippen LogP contribution >= 0.6 is 11.3 Å².